The quantitative estimate of drug-likeness (QED) is 0.590. The molecule has 16 heavy (non-hydrogen) atoms. The number of hydrogen-bond acceptors (Lipinski definition) is 4. The Morgan fingerprint density at radius 2 is 1.88 bits per heavy atom. The highest BCUT2D eigenvalue weighted by molar-refractivity contribution is 6.06. The second-order valence-electron chi connectivity index (χ2n) is 3.41. The molecule has 5 heteroatoms. The third-order valence-electron chi connectivity index (χ3n) is 2.19. The van der Waals surface area contributed by atoms with E-state index in [1.807, 2.05) is 0 Å². The van der Waals surface area contributed by atoms with Crippen molar-refractivity contribution in [3.05, 3.63) is 30.3 Å². The monoisotopic (exact) mass is 223 g/mol. The summed E-state index contributed by atoms with van der Waals surface area (Å²) in [6.45, 7) is 1.26. The number of para-hydroxylation sites is 1. The Kier molecular flexibility index (Phi) is 3.50. The second-order valence-corrected chi connectivity index (χ2v) is 3.41. The molecule has 0 aliphatic rings. The van der Waals surface area contributed by atoms with Crippen molar-refractivity contribution >= 4 is 17.6 Å². The SMILES string of the molecule is COC(=O)C(C)(Nc1ccccc1)C(=O)O. The largest absolute Gasteiger partial charge is 0.479 e. The molecule has 1 aromatic carbocycles. The van der Waals surface area contributed by atoms with Crippen molar-refractivity contribution in [2.75, 3.05) is 12.4 Å². The lowest BCUT2D eigenvalue weighted by Crippen LogP contribution is -2.51. The molecule has 0 amide bonds. The van der Waals surface area contributed by atoms with E-state index >= 15 is 0 Å². The summed E-state index contributed by atoms with van der Waals surface area (Å²) in [6, 6.07) is 8.61. The van der Waals surface area contributed by atoms with E-state index in [-0.39, 0.29) is 0 Å². The van der Waals surface area contributed by atoms with Crippen LogP contribution in [0.3, 0.4) is 0 Å². The molecule has 0 saturated carbocycles. The van der Waals surface area contributed by atoms with Crippen LogP contribution in [0.4, 0.5) is 5.69 Å². The number of methoxy groups -OCH3 is 1. The third kappa shape index (κ3) is 2.31. The van der Waals surface area contributed by atoms with Crippen LogP contribution in [0.5, 0.6) is 0 Å². The van der Waals surface area contributed by atoms with Gasteiger partial charge in [0, 0.05) is 5.69 Å². The predicted octanol–water partition coefficient (Wildman–Crippen LogP) is 1.11. The van der Waals surface area contributed by atoms with Crippen molar-refractivity contribution in [1.29, 1.82) is 0 Å². The maximum absolute atomic E-state index is 11.4. The zero-order valence-corrected chi connectivity index (χ0v) is 9.06. The van der Waals surface area contributed by atoms with Crippen LogP contribution in [0.25, 0.3) is 0 Å². The number of ether oxygens (including phenoxy) is 1. The predicted molar refractivity (Wildman–Crippen MR) is 58.1 cm³/mol. The van der Waals surface area contributed by atoms with Crippen LogP contribution in [0.2, 0.25) is 0 Å². The number of rotatable bonds is 4. The summed E-state index contributed by atoms with van der Waals surface area (Å²) in [5.74, 6) is -2.13. The van der Waals surface area contributed by atoms with Crippen molar-refractivity contribution in [2.45, 2.75) is 12.5 Å². The lowest BCUT2D eigenvalue weighted by atomic mass is 10.0. The van der Waals surface area contributed by atoms with Crippen LogP contribution < -0.4 is 5.32 Å². The number of carbonyl (C=O) groups is 2. The minimum absolute atomic E-state index is 0.540. The Bertz CT molecular complexity index is 390. The van der Waals surface area contributed by atoms with Crippen LogP contribution in [0, 0.1) is 0 Å². The Balaban J connectivity index is 2.97. The number of nitrogens with one attached hydrogen (secondary N) is 1. The van der Waals surface area contributed by atoms with Gasteiger partial charge in [0.25, 0.3) is 0 Å². The van der Waals surface area contributed by atoms with Crippen LogP contribution >= 0.6 is 0 Å². The van der Waals surface area contributed by atoms with E-state index in [4.69, 9.17) is 5.11 Å². The Morgan fingerprint density at radius 3 is 2.31 bits per heavy atom. The van der Waals surface area contributed by atoms with Gasteiger partial charge in [0.1, 0.15) is 0 Å². The maximum atomic E-state index is 11.4. The number of carboxylic acids is 1. The Labute approximate surface area is 93.0 Å². The summed E-state index contributed by atoms with van der Waals surface area (Å²) in [6.07, 6.45) is 0. The zero-order chi connectivity index (χ0) is 12.2. The molecule has 0 saturated heterocycles. The summed E-state index contributed by atoms with van der Waals surface area (Å²) < 4.78 is 4.47. The standard InChI is InChI=1S/C11H13NO4/c1-11(9(13)14,10(15)16-2)12-8-6-4-3-5-7-8/h3-7,12H,1-2H3,(H,13,14). The average Bonchev–Trinajstić information content (AvgIpc) is 2.28. The molecule has 0 fully saturated rings. The van der Waals surface area contributed by atoms with E-state index in [2.05, 4.69) is 10.1 Å². The first-order valence-corrected chi connectivity index (χ1v) is 4.65. The lowest BCUT2D eigenvalue weighted by molar-refractivity contribution is -0.156. The van der Waals surface area contributed by atoms with Crippen molar-refractivity contribution < 1.29 is 19.4 Å². The molecule has 0 bridgehead atoms. The molecule has 5 nitrogen and oxygen atoms in total. The Morgan fingerprint density at radius 1 is 1.31 bits per heavy atom. The normalized spacial score (nSPS) is 13.6. The molecule has 2 N–H and O–H groups in total. The van der Waals surface area contributed by atoms with Crippen LogP contribution in [-0.4, -0.2) is 29.7 Å². The second kappa shape index (κ2) is 4.65. The van der Waals surface area contributed by atoms with E-state index in [0.717, 1.165) is 7.11 Å². The molecule has 1 atom stereocenters. The number of hydrogen-bond donors (Lipinski definition) is 2. The molecule has 86 valence electrons. The molecule has 1 aromatic rings. The van der Waals surface area contributed by atoms with Crippen molar-refractivity contribution in [2.24, 2.45) is 0 Å². The molecule has 0 aliphatic heterocycles. The van der Waals surface area contributed by atoms with E-state index in [9.17, 15) is 9.59 Å². The number of anilines is 1. The van der Waals surface area contributed by atoms with Gasteiger partial charge in [-0.2, -0.15) is 0 Å². The maximum Gasteiger partial charge on any atom is 0.343 e. The van der Waals surface area contributed by atoms with Gasteiger partial charge < -0.3 is 15.2 Å². The topological polar surface area (TPSA) is 75.6 Å². The highest BCUT2D eigenvalue weighted by atomic mass is 16.5. The number of esters is 1. The van der Waals surface area contributed by atoms with Gasteiger partial charge in [-0.1, -0.05) is 18.2 Å². The molecule has 1 unspecified atom stereocenters. The summed E-state index contributed by atoms with van der Waals surface area (Å²) in [4.78, 5) is 22.5. The molecule has 0 radical (unpaired) electrons. The van der Waals surface area contributed by atoms with Gasteiger partial charge in [-0.3, -0.25) is 0 Å². The Hall–Kier alpha value is -2.04. The fraction of sp³-hybridized carbons (Fsp3) is 0.273. The highest BCUT2D eigenvalue weighted by Gasteiger charge is 2.42. The molecule has 1 rings (SSSR count). The van der Waals surface area contributed by atoms with Gasteiger partial charge in [0.15, 0.2) is 0 Å². The molecule has 0 heterocycles. The van der Waals surface area contributed by atoms with Gasteiger partial charge in [0.2, 0.25) is 5.54 Å². The number of carbonyl (C=O) groups excluding carboxylic acids is 1. The van der Waals surface area contributed by atoms with Crippen LogP contribution in [-0.2, 0) is 14.3 Å². The van der Waals surface area contributed by atoms with Gasteiger partial charge in [0.05, 0.1) is 7.11 Å². The van der Waals surface area contributed by atoms with Crippen molar-refractivity contribution in [3.8, 4) is 0 Å². The molecular weight excluding hydrogens is 210 g/mol. The lowest BCUT2D eigenvalue weighted by Gasteiger charge is -2.24. The molecule has 0 spiro atoms. The van der Waals surface area contributed by atoms with Gasteiger partial charge in [-0.25, -0.2) is 9.59 Å². The summed E-state index contributed by atoms with van der Waals surface area (Å²) in [5.41, 5.74) is -1.24. The number of aliphatic carboxylic acids is 1. The minimum Gasteiger partial charge on any atom is -0.479 e. The first-order chi connectivity index (χ1) is 7.50. The van der Waals surface area contributed by atoms with E-state index in [1.54, 1.807) is 30.3 Å². The average molecular weight is 223 g/mol. The fourth-order valence-corrected chi connectivity index (χ4v) is 1.21. The summed E-state index contributed by atoms with van der Waals surface area (Å²) in [7, 11) is 1.15. The highest BCUT2D eigenvalue weighted by Crippen LogP contribution is 2.16. The molecule has 0 aliphatic carbocycles. The first kappa shape index (κ1) is 12.0. The molecular formula is C11H13NO4. The smallest absolute Gasteiger partial charge is 0.343 e. The third-order valence-corrected chi connectivity index (χ3v) is 2.19. The van der Waals surface area contributed by atoms with Crippen LogP contribution in [0.15, 0.2) is 30.3 Å². The van der Waals surface area contributed by atoms with Crippen molar-refractivity contribution in [3.63, 3.8) is 0 Å². The van der Waals surface area contributed by atoms with E-state index in [1.165, 1.54) is 6.92 Å². The minimum atomic E-state index is -1.78. The number of carboxylic acid groups (broad SMARTS) is 1. The summed E-state index contributed by atoms with van der Waals surface area (Å²) in [5, 5.41) is 11.7. The zero-order valence-electron chi connectivity index (χ0n) is 9.06. The first-order valence-electron chi connectivity index (χ1n) is 4.65. The van der Waals surface area contributed by atoms with E-state index < -0.39 is 17.5 Å². The van der Waals surface area contributed by atoms with Gasteiger partial charge in [-0.15, -0.1) is 0 Å². The van der Waals surface area contributed by atoms with Gasteiger partial charge >= 0.3 is 11.9 Å². The number of benzene rings is 1. The summed E-state index contributed by atoms with van der Waals surface area (Å²) >= 11 is 0. The van der Waals surface area contributed by atoms with E-state index in [0.29, 0.717) is 5.69 Å². The fourth-order valence-electron chi connectivity index (χ4n) is 1.21. The van der Waals surface area contributed by atoms with Crippen LogP contribution in [0.1, 0.15) is 6.92 Å². The van der Waals surface area contributed by atoms with Crippen molar-refractivity contribution in [1.82, 2.24) is 0 Å². The molecule has 0 aromatic heterocycles. The van der Waals surface area contributed by atoms with Gasteiger partial charge in [-0.05, 0) is 19.1 Å².